The van der Waals surface area contributed by atoms with E-state index in [4.69, 9.17) is 4.74 Å². The summed E-state index contributed by atoms with van der Waals surface area (Å²) in [4.78, 5) is 2.70. The minimum Gasteiger partial charge on any atom is -0.495 e. The Labute approximate surface area is 145 Å². The van der Waals surface area contributed by atoms with Gasteiger partial charge in [0.15, 0.2) is 0 Å². The van der Waals surface area contributed by atoms with Crippen LogP contribution in [-0.2, 0) is 10.0 Å². The summed E-state index contributed by atoms with van der Waals surface area (Å²) in [7, 11) is -1.98. The van der Waals surface area contributed by atoms with Gasteiger partial charge in [0.05, 0.1) is 7.11 Å². The molecule has 1 saturated heterocycles. The number of sulfonamides is 1. The molecular weight excluding hydrogens is 324 g/mol. The van der Waals surface area contributed by atoms with Crippen LogP contribution in [0.5, 0.6) is 5.75 Å². The molecule has 1 aliphatic carbocycles. The van der Waals surface area contributed by atoms with Gasteiger partial charge in [0, 0.05) is 32.7 Å². The van der Waals surface area contributed by atoms with E-state index in [1.807, 2.05) is 19.9 Å². The summed E-state index contributed by atoms with van der Waals surface area (Å²) in [6, 6.07) is 3.55. The molecule has 1 aromatic rings. The van der Waals surface area contributed by atoms with E-state index in [-0.39, 0.29) is 0 Å². The van der Waals surface area contributed by atoms with Crippen LogP contribution in [0.15, 0.2) is 17.0 Å². The molecule has 6 heteroatoms. The average molecular weight is 353 g/mol. The minimum atomic E-state index is -3.51. The van der Waals surface area contributed by atoms with Gasteiger partial charge in [0.2, 0.25) is 10.0 Å². The average Bonchev–Trinajstić information content (AvgIpc) is 2.53. The van der Waals surface area contributed by atoms with Crippen LogP contribution in [-0.4, -0.2) is 57.5 Å². The lowest BCUT2D eigenvalue weighted by Crippen LogP contribution is -2.50. The Morgan fingerprint density at radius 2 is 1.71 bits per heavy atom. The molecular formula is C18H28N2O3S. The first kappa shape index (κ1) is 17.7. The summed E-state index contributed by atoms with van der Waals surface area (Å²) in [5.74, 6) is 1.27. The van der Waals surface area contributed by atoms with Gasteiger partial charge in [-0.2, -0.15) is 4.31 Å². The number of hydrogen-bond acceptors (Lipinski definition) is 4. The fraction of sp³-hybridized carbons (Fsp3) is 0.667. The Morgan fingerprint density at radius 1 is 1.08 bits per heavy atom. The molecule has 1 saturated carbocycles. The predicted molar refractivity (Wildman–Crippen MR) is 95.0 cm³/mol. The maximum absolute atomic E-state index is 13.1. The van der Waals surface area contributed by atoms with Gasteiger partial charge < -0.3 is 9.64 Å². The van der Waals surface area contributed by atoms with E-state index in [0.717, 1.165) is 36.7 Å². The lowest BCUT2D eigenvalue weighted by molar-refractivity contribution is 0.135. The molecule has 0 N–H and O–H groups in total. The highest BCUT2D eigenvalue weighted by molar-refractivity contribution is 7.89. The van der Waals surface area contributed by atoms with Crippen LogP contribution in [0.3, 0.4) is 0 Å². The van der Waals surface area contributed by atoms with Crippen LogP contribution in [0.4, 0.5) is 0 Å². The van der Waals surface area contributed by atoms with Crippen molar-refractivity contribution in [1.29, 1.82) is 0 Å². The lowest BCUT2D eigenvalue weighted by Gasteiger charge is -2.38. The van der Waals surface area contributed by atoms with Crippen molar-refractivity contribution in [3.63, 3.8) is 0 Å². The van der Waals surface area contributed by atoms with Gasteiger partial charge in [0.1, 0.15) is 10.6 Å². The molecule has 2 fully saturated rings. The highest BCUT2D eigenvalue weighted by Crippen LogP contribution is 2.31. The minimum absolute atomic E-state index is 0.292. The summed E-state index contributed by atoms with van der Waals surface area (Å²) in [6.07, 6.45) is 4.02. The summed E-state index contributed by atoms with van der Waals surface area (Å²) < 4.78 is 33.1. The largest absolute Gasteiger partial charge is 0.495 e. The van der Waals surface area contributed by atoms with Gasteiger partial charge in [-0.1, -0.05) is 6.42 Å². The van der Waals surface area contributed by atoms with Crippen molar-refractivity contribution in [3.8, 4) is 5.75 Å². The Morgan fingerprint density at radius 3 is 2.25 bits per heavy atom. The van der Waals surface area contributed by atoms with Crippen molar-refractivity contribution >= 4 is 10.0 Å². The lowest BCUT2D eigenvalue weighted by atomic mass is 9.85. The first-order chi connectivity index (χ1) is 11.4. The second kappa shape index (κ2) is 7.02. The third kappa shape index (κ3) is 3.46. The number of benzene rings is 1. The molecule has 0 unspecified atom stereocenters. The molecule has 0 spiro atoms. The van der Waals surface area contributed by atoms with Gasteiger partial charge >= 0.3 is 0 Å². The van der Waals surface area contributed by atoms with E-state index in [1.54, 1.807) is 10.4 Å². The van der Waals surface area contributed by atoms with Crippen molar-refractivity contribution in [3.05, 3.63) is 23.3 Å². The zero-order valence-corrected chi connectivity index (χ0v) is 15.7. The second-order valence-electron chi connectivity index (χ2n) is 7.09. The van der Waals surface area contributed by atoms with E-state index in [0.29, 0.717) is 23.7 Å². The standard InChI is InChI=1S/C18H28N2O3S/c1-14-11-17(23-3)18(12-15(14)2)24(21,22)20-9-7-19(8-10-20)13-16-5-4-6-16/h11-12,16H,4-10,13H2,1-3H3. The maximum Gasteiger partial charge on any atom is 0.246 e. The Kier molecular flexibility index (Phi) is 5.18. The van der Waals surface area contributed by atoms with Crippen LogP contribution in [0, 0.1) is 19.8 Å². The zero-order chi connectivity index (χ0) is 17.3. The third-order valence-corrected chi connectivity index (χ3v) is 7.39. The van der Waals surface area contributed by atoms with E-state index < -0.39 is 10.0 Å². The van der Waals surface area contributed by atoms with E-state index >= 15 is 0 Å². The first-order valence-corrected chi connectivity index (χ1v) is 10.2. The van der Waals surface area contributed by atoms with Crippen LogP contribution in [0.1, 0.15) is 30.4 Å². The molecule has 1 aliphatic heterocycles. The van der Waals surface area contributed by atoms with E-state index in [9.17, 15) is 8.42 Å². The van der Waals surface area contributed by atoms with Gasteiger partial charge in [-0.05, 0) is 55.9 Å². The molecule has 0 aromatic heterocycles. The third-order valence-electron chi connectivity index (χ3n) is 5.47. The van der Waals surface area contributed by atoms with Gasteiger partial charge in [0.25, 0.3) is 0 Å². The molecule has 0 radical (unpaired) electrons. The number of hydrogen-bond donors (Lipinski definition) is 0. The quantitative estimate of drug-likeness (QED) is 0.817. The second-order valence-corrected chi connectivity index (χ2v) is 9.00. The summed E-state index contributed by atoms with van der Waals surface area (Å²) in [5, 5.41) is 0. The normalized spacial score (nSPS) is 20.8. The smallest absolute Gasteiger partial charge is 0.246 e. The molecule has 134 valence electrons. The molecule has 24 heavy (non-hydrogen) atoms. The van der Waals surface area contributed by atoms with Crippen LogP contribution < -0.4 is 4.74 Å². The highest BCUT2D eigenvalue weighted by Gasteiger charge is 2.32. The van der Waals surface area contributed by atoms with Crippen LogP contribution in [0.2, 0.25) is 0 Å². The Bertz CT molecular complexity index is 690. The number of rotatable bonds is 5. The van der Waals surface area contributed by atoms with E-state index in [2.05, 4.69) is 4.90 Å². The molecule has 1 aromatic carbocycles. The highest BCUT2D eigenvalue weighted by atomic mass is 32.2. The summed E-state index contributed by atoms with van der Waals surface area (Å²) >= 11 is 0. The van der Waals surface area contributed by atoms with Crippen molar-refractivity contribution in [2.75, 3.05) is 39.8 Å². The van der Waals surface area contributed by atoms with E-state index in [1.165, 1.54) is 26.4 Å². The Balaban J connectivity index is 1.73. The number of ether oxygens (including phenoxy) is 1. The van der Waals surface area contributed by atoms with Gasteiger partial charge in [-0.25, -0.2) is 8.42 Å². The molecule has 0 bridgehead atoms. The fourth-order valence-electron chi connectivity index (χ4n) is 3.46. The van der Waals surface area contributed by atoms with Crippen molar-refractivity contribution in [1.82, 2.24) is 9.21 Å². The first-order valence-electron chi connectivity index (χ1n) is 8.79. The predicted octanol–water partition coefficient (Wildman–Crippen LogP) is 2.42. The number of methoxy groups -OCH3 is 1. The zero-order valence-electron chi connectivity index (χ0n) is 14.9. The monoisotopic (exact) mass is 352 g/mol. The van der Waals surface area contributed by atoms with Gasteiger partial charge in [-0.3, -0.25) is 0 Å². The molecule has 0 amide bonds. The molecule has 2 aliphatic rings. The fourth-order valence-corrected chi connectivity index (χ4v) is 5.10. The molecule has 3 rings (SSSR count). The molecule has 5 nitrogen and oxygen atoms in total. The molecule has 1 heterocycles. The Hall–Kier alpha value is -1.11. The number of nitrogens with zero attached hydrogens (tertiary/aromatic N) is 2. The maximum atomic E-state index is 13.1. The van der Waals surface area contributed by atoms with Gasteiger partial charge in [-0.15, -0.1) is 0 Å². The number of aryl methyl sites for hydroxylation is 2. The van der Waals surface area contributed by atoms with Crippen molar-refractivity contribution < 1.29 is 13.2 Å². The van der Waals surface area contributed by atoms with Crippen molar-refractivity contribution in [2.24, 2.45) is 5.92 Å². The topological polar surface area (TPSA) is 49.9 Å². The van der Waals surface area contributed by atoms with Crippen molar-refractivity contribution in [2.45, 2.75) is 38.0 Å². The SMILES string of the molecule is COc1cc(C)c(C)cc1S(=O)(=O)N1CCN(CC2CCC2)CC1. The van der Waals surface area contributed by atoms with Crippen LogP contribution >= 0.6 is 0 Å². The summed E-state index contributed by atoms with van der Waals surface area (Å²) in [5.41, 5.74) is 2.01. The molecule has 0 atom stereocenters. The van der Waals surface area contributed by atoms with Crippen LogP contribution in [0.25, 0.3) is 0 Å². The number of piperazine rings is 1. The summed E-state index contributed by atoms with van der Waals surface area (Å²) in [6.45, 7) is 7.79.